The Morgan fingerprint density at radius 3 is 2.68 bits per heavy atom. The predicted molar refractivity (Wildman–Crippen MR) is 84.4 cm³/mol. The first-order valence-electron chi connectivity index (χ1n) is 5.79. The molecule has 0 bridgehead atoms. The van der Waals surface area contributed by atoms with Crippen LogP contribution in [0, 0.1) is 3.57 Å². The van der Waals surface area contributed by atoms with Gasteiger partial charge in [0.15, 0.2) is 0 Å². The molecule has 0 unspecified atom stereocenters. The first kappa shape index (κ1) is 14.3. The molecule has 1 aromatic carbocycles. The number of amides is 1. The van der Waals surface area contributed by atoms with Crippen molar-refractivity contribution in [3.8, 4) is 0 Å². The van der Waals surface area contributed by atoms with Gasteiger partial charge in [0.2, 0.25) is 0 Å². The number of benzene rings is 1. The fourth-order valence-corrected chi connectivity index (χ4v) is 2.13. The third kappa shape index (κ3) is 4.18. The largest absolute Gasteiger partial charge is 0.352 e. The SMILES string of the molecule is O=C(NCCc1ccncc1)c1ccc(I)c(Cl)c1. The molecule has 0 aliphatic heterocycles. The number of rotatable bonds is 4. The van der Waals surface area contributed by atoms with Gasteiger partial charge in [-0.1, -0.05) is 11.6 Å². The Bertz CT molecular complexity index is 575. The highest BCUT2D eigenvalue weighted by atomic mass is 127. The summed E-state index contributed by atoms with van der Waals surface area (Å²) in [7, 11) is 0. The van der Waals surface area contributed by atoms with Crippen LogP contribution in [0.1, 0.15) is 15.9 Å². The lowest BCUT2D eigenvalue weighted by molar-refractivity contribution is 0.0954. The van der Waals surface area contributed by atoms with Crippen LogP contribution in [0.4, 0.5) is 0 Å². The van der Waals surface area contributed by atoms with Crippen molar-refractivity contribution >= 4 is 40.1 Å². The van der Waals surface area contributed by atoms with Crippen LogP contribution in [0.3, 0.4) is 0 Å². The van der Waals surface area contributed by atoms with Gasteiger partial charge in [0.1, 0.15) is 0 Å². The quantitative estimate of drug-likeness (QED) is 0.819. The standard InChI is InChI=1S/C14H12ClIN2O/c15-12-9-11(1-2-13(12)16)14(19)18-8-5-10-3-6-17-7-4-10/h1-4,6-7,9H,5,8H2,(H,18,19). The minimum absolute atomic E-state index is 0.104. The maximum absolute atomic E-state index is 11.9. The lowest BCUT2D eigenvalue weighted by Gasteiger charge is -2.06. The molecule has 0 aliphatic rings. The number of carbonyl (C=O) groups excluding carboxylic acids is 1. The first-order chi connectivity index (χ1) is 9.16. The molecule has 0 atom stereocenters. The highest BCUT2D eigenvalue weighted by Crippen LogP contribution is 2.19. The molecule has 5 heteroatoms. The van der Waals surface area contributed by atoms with Crippen LogP contribution in [0.2, 0.25) is 5.02 Å². The molecule has 2 aromatic rings. The molecule has 0 fully saturated rings. The van der Waals surface area contributed by atoms with Gasteiger partial charge in [-0.3, -0.25) is 9.78 Å². The zero-order valence-corrected chi connectivity index (χ0v) is 13.0. The van der Waals surface area contributed by atoms with E-state index in [0.29, 0.717) is 17.1 Å². The van der Waals surface area contributed by atoms with Gasteiger partial charge in [0.25, 0.3) is 5.91 Å². The molecule has 1 heterocycles. The number of nitrogens with zero attached hydrogens (tertiary/aromatic N) is 1. The molecule has 1 aromatic heterocycles. The number of hydrogen-bond donors (Lipinski definition) is 1. The molecule has 0 radical (unpaired) electrons. The summed E-state index contributed by atoms with van der Waals surface area (Å²) in [5.41, 5.74) is 1.73. The van der Waals surface area contributed by atoms with E-state index in [1.165, 1.54) is 0 Å². The van der Waals surface area contributed by atoms with Gasteiger partial charge in [-0.15, -0.1) is 0 Å². The summed E-state index contributed by atoms with van der Waals surface area (Å²) in [4.78, 5) is 15.9. The molecule has 19 heavy (non-hydrogen) atoms. The Kier molecular flexibility index (Phi) is 5.15. The van der Waals surface area contributed by atoms with E-state index >= 15 is 0 Å². The summed E-state index contributed by atoms with van der Waals surface area (Å²) in [6, 6.07) is 9.17. The van der Waals surface area contributed by atoms with Gasteiger partial charge < -0.3 is 5.32 Å². The minimum atomic E-state index is -0.104. The molecule has 3 nitrogen and oxygen atoms in total. The highest BCUT2D eigenvalue weighted by Gasteiger charge is 2.07. The summed E-state index contributed by atoms with van der Waals surface area (Å²) in [5.74, 6) is -0.104. The molecule has 0 spiro atoms. The van der Waals surface area contributed by atoms with E-state index in [-0.39, 0.29) is 5.91 Å². The second kappa shape index (κ2) is 6.86. The van der Waals surface area contributed by atoms with Gasteiger partial charge in [0, 0.05) is 28.1 Å². The number of hydrogen-bond acceptors (Lipinski definition) is 2. The van der Waals surface area contributed by atoms with Crippen molar-refractivity contribution in [2.45, 2.75) is 6.42 Å². The zero-order chi connectivity index (χ0) is 13.7. The van der Waals surface area contributed by atoms with E-state index in [0.717, 1.165) is 15.6 Å². The van der Waals surface area contributed by atoms with Crippen LogP contribution in [-0.2, 0) is 6.42 Å². The average Bonchev–Trinajstić information content (AvgIpc) is 2.43. The molecule has 0 saturated carbocycles. The van der Waals surface area contributed by atoms with Gasteiger partial charge in [0.05, 0.1) is 5.02 Å². The summed E-state index contributed by atoms with van der Waals surface area (Å²) >= 11 is 8.12. The van der Waals surface area contributed by atoms with E-state index < -0.39 is 0 Å². The maximum Gasteiger partial charge on any atom is 0.251 e. The lowest BCUT2D eigenvalue weighted by atomic mass is 10.2. The lowest BCUT2D eigenvalue weighted by Crippen LogP contribution is -2.25. The number of pyridine rings is 1. The van der Waals surface area contributed by atoms with Crippen LogP contribution in [0.25, 0.3) is 0 Å². The fraction of sp³-hybridized carbons (Fsp3) is 0.143. The molecular weight excluding hydrogens is 375 g/mol. The van der Waals surface area contributed by atoms with Gasteiger partial charge in [-0.05, 0) is 64.9 Å². The van der Waals surface area contributed by atoms with Crippen molar-refractivity contribution < 1.29 is 4.79 Å². The van der Waals surface area contributed by atoms with Gasteiger partial charge in [-0.25, -0.2) is 0 Å². The monoisotopic (exact) mass is 386 g/mol. The average molecular weight is 387 g/mol. The smallest absolute Gasteiger partial charge is 0.251 e. The Morgan fingerprint density at radius 2 is 2.00 bits per heavy atom. The van der Waals surface area contributed by atoms with Gasteiger partial charge >= 0.3 is 0 Å². The second-order valence-corrected chi connectivity index (χ2v) is 5.56. The predicted octanol–water partition coefficient (Wildman–Crippen LogP) is 3.31. The van der Waals surface area contributed by atoms with Crippen molar-refractivity contribution in [3.63, 3.8) is 0 Å². The van der Waals surface area contributed by atoms with E-state index in [1.54, 1.807) is 24.5 Å². The Balaban J connectivity index is 1.89. The summed E-state index contributed by atoms with van der Waals surface area (Å²) in [6.07, 6.45) is 4.28. The summed E-state index contributed by atoms with van der Waals surface area (Å²) in [6.45, 7) is 0.590. The van der Waals surface area contributed by atoms with Crippen molar-refractivity contribution in [2.75, 3.05) is 6.54 Å². The molecule has 0 aliphatic carbocycles. The number of halogens is 2. The Morgan fingerprint density at radius 1 is 1.26 bits per heavy atom. The molecule has 0 saturated heterocycles. The topological polar surface area (TPSA) is 42.0 Å². The second-order valence-electron chi connectivity index (χ2n) is 3.99. The molecule has 1 N–H and O–H groups in total. The zero-order valence-electron chi connectivity index (χ0n) is 10.1. The number of carbonyl (C=O) groups is 1. The van der Waals surface area contributed by atoms with Gasteiger partial charge in [-0.2, -0.15) is 0 Å². The van der Waals surface area contributed by atoms with E-state index in [9.17, 15) is 4.79 Å². The van der Waals surface area contributed by atoms with Crippen LogP contribution < -0.4 is 5.32 Å². The van der Waals surface area contributed by atoms with E-state index in [4.69, 9.17) is 11.6 Å². The van der Waals surface area contributed by atoms with E-state index in [2.05, 4.69) is 32.9 Å². The van der Waals surface area contributed by atoms with Crippen LogP contribution in [-0.4, -0.2) is 17.4 Å². The van der Waals surface area contributed by atoms with E-state index in [1.807, 2.05) is 18.2 Å². The van der Waals surface area contributed by atoms with Crippen LogP contribution >= 0.6 is 34.2 Å². The highest BCUT2D eigenvalue weighted by molar-refractivity contribution is 14.1. The molecule has 2 rings (SSSR count). The van der Waals surface area contributed by atoms with Crippen LogP contribution in [0.5, 0.6) is 0 Å². The minimum Gasteiger partial charge on any atom is -0.352 e. The number of aromatic nitrogens is 1. The fourth-order valence-electron chi connectivity index (χ4n) is 1.61. The molecule has 98 valence electrons. The van der Waals surface area contributed by atoms with Crippen molar-refractivity contribution in [1.82, 2.24) is 10.3 Å². The summed E-state index contributed by atoms with van der Waals surface area (Å²) in [5, 5.41) is 3.47. The molecular formula is C14H12ClIN2O. The normalized spacial score (nSPS) is 10.2. The third-order valence-electron chi connectivity index (χ3n) is 2.63. The van der Waals surface area contributed by atoms with Crippen LogP contribution in [0.15, 0.2) is 42.7 Å². The van der Waals surface area contributed by atoms with Crippen molar-refractivity contribution in [1.29, 1.82) is 0 Å². The van der Waals surface area contributed by atoms with Crippen molar-refractivity contribution in [2.24, 2.45) is 0 Å². The summed E-state index contributed by atoms with van der Waals surface area (Å²) < 4.78 is 0.938. The first-order valence-corrected chi connectivity index (χ1v) is 7.24. The molecule has 1 amide bonds. The van der Waals surface area contributed by atoms with Crippen molar-refractivity contribution in [3.05, 3.63) is 62.4 Å². The maximum atomic E-state index is 11.9. The third-order valence-corrected chi connectivity index (χ3v) is 4.20. The Labute approximate surface area is 130 Å². The Hall–Kier alpha value is -1.14. The number of nitrogens with one attached hydrogen (secondary N) is 1.